The van der Waals surface area contributed by atoms with Gasteiger partial charge in [-0.2, -0.15) is 0 Å². The lowest BCUT2D eigenvalue weighted by molar-refractivity contribution is -0.160. The van der Waals surface area contributed by atoms with Crippen LogP contribution in [0, 0.1) is 11.8 Å². The summed E-state index contributed by atoms with van der Waals surface area (Å²) in [5, 5.41) is 0. The molecule has 3 atom stereocenters. The predicted octanol–water partition coefficient (Wildman–Crippen LogP) is 2.36. The van der Waals surface area contributed by atoms with E-state index in [1.165, 1.54) is 19.3 Å². The molecule has 4 heteroatoms. The second-order valence-corrected chi connectivity index (χ2v) is 6.39. The summed E-state index contributed by atoms with van der Waals surface area (Å²) < 4.78 is 16.7. The molecule has 2 saturated heterocycles. The fourth-order valence-electron chi connectivity index (χ4n) is 3.72. The Morgan fingerprint density at radius 2 is 1.94 bits per heavy atom. The van der Waals surface area contributed by atoms with E-state index in [1.54, 1.807) is 0 Å². The smallest absolute Gasteiger partial charge is 0.309 e. The molecule has 2 aliphatic carbocycles. The SMILES string of the molecule is CC1CCCCC1OC(=O)C1CCC23OC2(C1)O3. The van der Waals surface area contributed by atoms with Crippen molar-refractivity contribution >= 4 is 5.97 Å². The summed E-state index contributed by atoms with van der Waals surface area (Å²) in [6, 6.07) is 0. The number of epoxide rings is 2. The summed E-state index contributed by atoms with van der Waals surface area (Å²) in [4.78, 5) is 12.2. The van der Waals surface area contributed by atoms with Crippen LogP contribution in [-0.2, 0) is 19.0 Å². The first kappa shape index (κ1) is 11.2. The van der Waals surface area contributed by atoms with Crippen molar-refractivity contribution in [2.45, 2.75) is 69.5 Å². The number of hydrogen-bond donors (Lipinski definition) is 0. The first-order valence-corrected chi connectivity index (χ1v) is 7.25. The van der Waals surface area contributed by atoms with Gasteiger partial charge in [-0.05, 0) is 31.6 Å². The molecule has 3 unspecified atom stereocenters. The number of carbonyl (C=O) groups excluding carboxylic acids is 1. The Hall–Kier alpha value is -0.610. The average Bonchev–Trinajstić information content (AvgIpc) is 3.17. The van der Waals surface area contributed by atoms with Crippen molar-refractivity contribution in [1.82, 2.24) is 0 Å². The van der Waals surface area contributed by atoms with Gasteiger partial charge in [0, 0.05) is 12.8 Å². The summed E-state index contributed by atoms with van der Waals surface area (Å²) >= 11 is 0. The Kier molecular flexibility index (Phi) is 2.17. The highest BCUT2D eigenvalue weighted by molar-refractivity contribution is 5.73. The lowest BCUT2D eigenvalue weighted by Gasteiger charge is -2.30. The maximum absolute atomic E-state index is 12.2. The van der Waals surface area contributed by atoms with Gasteiger partial charge in [0.25, 0.3) is 0 Å². The lowest BCUT2D eigenvalue weighted by atomic mass is 9.87. The summed E-state index contributed by atoms with van der Waals surface area (Å²) in [6.45, 7) is 2.19. The maximum Gasteiger partial charge on any atom is 0.309 e. The Labute approximate surface area is 107 Å². The zero-order valence-electron chi connectivity index (χ0n) is 10.8. The van der Waals surface area contributed by atoms with Crippen molar-refractivity contribution in [1.29, 1.82) is 0 Å². The van der Waals surface area contributed by atoms with Crippen molar-refractivity contribution in [2.24, 2.45) is 11.8 Å². The van der Waals surface area contributed by atoms with Crippen molar-refractivity contribution < 1.29 is 19.0 Å². The average molecular weight is 252 g/mol. The fourth-order valence-corrected chi connectivity index (χ4v) is 3.72. The molecule has 100 valence electrons. The maximum atomic E-state index is 12.2. The van der Waals surface area contributed by atoms with Crippen LogP contribution in [0.1, 0.15) is 51.9 Å². The van der Waals surface area contributed by atoms with Crippen LogP contribution in [0.4, 0.5) is 0 Å². The van der Waals surface area contributed by atoms with E-state index in [-0.39, 0.29) is 29.6 Å². The molecule has 0 aromatic carbocycles. The minimum atomic E-state index is -0.368. The van der Waals surface area contributed by atoms with E-state index in [0.717, 1.165) is 19.3 Å². The highest BCUT2D eigenvalue weighted by Crippen LogP contribution is 2.75. The minimum Gasteiger partial charge on any atom is -0.462 e. The van der Waals surface area contributed by atoms with Crippen molar-refractivity contribution in [3.05, 3.63) is 0 Å². The van der Waals surface area contributed by atoms with Gasteiger partial charge in [0.1, 0.15) is 6.10 Å². The first-order valence-electron chi connectivity index (χ1n) is 7.25. The third kappa shape index (κ3) is 1.48. The molecule has 2 aliphatic heterocycles. The molecular formula is C14H20O4. The van der Waals surface area contributed by atoms with Crippen LogP contribution >= 0.6 is 0 Å². The van der Waals surface area contributed by atoms with Crippen LogP contribution in [0.3, 0.4) is 0 Å². The van der Waals surface area contributed by atoms with E-state index >= 15 is 0 Å². The molecule has 0 spiro atoms. The van der Waals surface area contributed by atoms with Gasteiger partial charge in [-0.3, -0.25) is 4.79 Å². The van der Waals surface area contributed by atoms with E-state index in [2.05, 4.69) is 6.92 Å². The number of ether oxygens (including phenoxy) is 3. The largest absolute Gasteiger partial charge is 0.462 e. The van der Waals surface area contributed by atoms with Crippen LogP contribution < -0.4 is 0 Å². The van der Waals surface area contributed by atoms with Gasteiger partial charge in [0.05, 0.1) is 5.92 Å². The standard InChI is InChI=1S/C14H20O4/c1-9-4-2-3-5-11(9)16-12(15)10-6-7-13-14(8-10,17-13)18-13/h9-11H,2-8H2,1H3. The van der Waals surface area contributed by atoms with Gasteiger partial charge in [0.15, 0.2) is 0 Å². The molecule has 2 heterocycles. The summed E-state index contributed by atoms with van der Waals surface area (Å²) in [6.07, 6.45) is 7.21. The Bertz CT molecular complexity index is 385. The van der Waals surface area contributed by atoms with Crippen LogP contribution in [0.5, 0.6) is 0 Å². The molecule has 0 aromatic heterocycles. The van der Waals surface area contributed by atoms with Gasteiger partial charge in [-0.25, -0.2) is 0 Å². The highest BCUT2D eigenvalue weighted by Gasteiger charge is 2.91. The Balaban J connectivity index is 1.35. The van der Waals surface area contributed by atoms with E-state index in [1.807, 2.05) is 0 Å². The molecule has 0 bridgehead atoms. The second kappa shape index (κ2) is 3.48. The zero-order chi connectivity index (χ0) is 12.4. The molecule has 4 rings (SSSR count). The lowest BCUT2D eigenvalue weighted by Crippen LogP contribution is -2.32. The monoisotopic (exact) mass is 252 g/mol. The van der Waals surface area contributed by atoms with Gasteiger partial charge < -0.3 is 14.2 Å². The molecule has 0 N–H and O–H groups in total. The quantitative estimate of drug-likeness (QED) is 0.559. The van der Waals surface area contributed by atoms with E-state index in [0.29, 0.717) is 12.3 Å². The summed E-state index contributed by atoms with van der Waals surface area (Å²) in [5.41, 5.74) is 0. The van der Waals surface area contributed by atoms with Crippen molar-refractivity contribution in [2.75, 3.05) is 0 Å². The van der Waals surface area contributed by atoms with Crippen LogP contribution in [0.15, 0.2) is 0 Å². The minimum absolute atomic E-state index is 0.0164. The second-order valence-electron chi connectivity index (χ2n) is 6.39. The summed E-state index contributed by atoms with van der Waals surface area (Å²) in [7, 11) is 0. The number of esters is 1. The Morgan fingerprint density at radius 1 is 1.17 bits per heavy atom. The van der Waals surface area contributed by atoms with Gasteiger partial charge in [0.2, 0.25) is 11.6 Å². The van der Waals surface area contributed by atoms with E-state index < -0.39 is 0 Å². The predicted molar refractivity (Wildman–Crippen MR) is 62.5 cm³/mol. The van der Waals surface area contributed by atoms with E-state index in [9.17, 15) is 4.79 Å². The molecule has 18 heavy (non-hydrogen) atoms. The zero-order valence-corrected chi connectivity index (χ0v) is 10.8. The van der Waals surface area contributed by atoms with Gasteiger partial charge in [-0.15, -0.1) is 0 Å². The third-order valence-corrected chi connectivity index (χ3v) is 5.13. The Morgan fingerprint density at radius 3 is 2.67 bits per heavy atom. The molecule has 0 radical (unpaired) electrons. The van der Waals surface area contributed by atoms with Crippen LogP contribution in [0.2, 0.25) is 0 Å². The van der Waals surface area contributed by atoms with Crippen LogP contribution in [-0.4, -0.2) is 23.6 Å². The molecule has 0 aromatic rings. The third-order valence-electron chi connectivity index (χ3n) is 5.13. The number of carbonyl (C=O) groups is 1. The summed E-state index contributed by atoms with van der Waals surface area (Å²) in [5.74, 6) is -0.160. The van der Waals surface area contributed by atoms with Gasteiger partial charge in [-0.1, -0.05) is 13.3 Å². The highest BCUT2D eigenvalue weighted by atomic mass is 17.0. The topological polar surface area (TPSA) is 51.4 Å². The molecule has 0 amide bonds. The molecule has 4 nitrogen and oxygen atoms in total. The fraction of sp³-hybridized carbons (Fsp3) is 0.929. The first-order chi connectivity index (χ1) is 8.64. The number of hydrogen-bond acceptors (Lipinski definition) is 4. The van der Waals surface area contributed by atoms with Crippen molar-refractivity contribution in [3.8, 4) is 0 Å². The van der Waals surface area contributed by atoms with E-state index in [4.69, 9.17) is 14.2 Å². The van der Waals surface area contributed by atoms with Crippen LogP contribution in [0.25, 0.3) is 0 Å². The molecular weight excluding hydrogens is 232 g/mol. The molecule has 4 aliphatic rings. The molecule has 4 fully saturated rings. The number of rotatable bonds is 2. The van der Waals surface area contributed by atoms with Gasteiger partial charge >= 0.3 is 5.97 Å². The van der Waals surface area contributed by atoms with Crippen molar-refractivity contribution in [3.63, 3.8) is 0 Å². The normalized spacial score (nSPS) is 53.1. The molecule has 2 saturated carbocycles.